The lowest BCUT2D eigenvalue weighted by atomic mass is 10.1. The zero-order chi connectivity index (χ0) is 23.1. The van der Waals surface area contributed by atoms with Crippen LogP contribution in [0.2, 0.25) is 0 Å². The van der Waals surface area contributed by atoms with Gasteiger partial charge in [-0.1, -0.05) is 25.1 Å². The van der Waals surface area contributed by atoms with E-state index in [2.05, 4.69) is 10.4 Å². The Hall–Kier alpha value is -3.94. The maximum atomic E-state index is 12.3. The van der Waals surface area contributed by atoms with Crippen LogP contribution in [0.3, 0.4) is 0 Å². The zero-order valence-corrected chi connectivity index (χ0v) is 18.3. The van der Waals surface area contributed by atoms with E-state index < -0.39 is 18.5 Å². The lowest BCUT2D eigenvalue weighted by Gasteiger charge is -2.09. The number of esters is 1. The number of benzene rings is 2. The van der Waals surface area contributed by atoms with E-state index in [0.29, 0.717) is 29.1 Å². The average molecular weight is 435 g/mol. The van der Waals surface area contributed by atoms with Crippen LogP contribution in [0.4, 0.5) is 5.69 Å². The van der Waals surface area contributed by atoms with E-state index >= 15 is 0 Å². The summed E-state index contributed by atoms with van der Waals surface area (Å²) >= 11 is 0. The lowest BCUT2D eigenvalue weighted by Crippen LogP contribution is -2.24. The van der Waals surface area contributed by atoms with Crippen molar-refractivity contribution in [3.63, 3.8) is 0 Å². The number of aromatic nitrogens is 2. The molecule has 0 bridgehead atoms. The van der Waals surface area contributed by atoms with E-state index in [0.717, 1.165) is 11.4 Å². The van der Waals surface area contributed by atoms with Gasteiger partial charge < -0.3 is 14.8 Å². The quantitative estimate of drug-likeness (QED) is 0.407. The molecule has 3 rings (SSSR count). The van der Waals surface area contributed by atoms with Gasteiger partial charge in [0.15, 0.2) is 19.0 Å². The van der Waals surface area contributed by atoms with Gasteiger partial charge in [-0.05, 0) is 50.2 Å². The van der Waals surface area contributed by atoms with Crippen molar-refractivity contribution in [3.05, 3.63) is 71.5 Å². The van der Waals surface area contributed by atoms with Crippen molar-refractivity contribution in [3.8, 4) is 11.4 Å². The van der Waals surface area contributed by atoms with Gasteiger partial charge in [0.05, 0.1) is 22.8 Å². The number of hydrogen-bond acceptors (Lipinski definition) is 6. The van der Waals surface area contributed by atoms with Crippen LogP contribution in [0.1, 0.15) is 35.1 Å². The molecule has 0 spiro atoms. The summed E-state index contributed by atoms with van der Waals surface area (Å²) in [6.07, 6.45) is 0.417. The molecule has 0 aliphatic heterocycles. The summed E-state index contributed by atoms with van der Waals surface area (Å²) in [4.78, 5) is 35.8. The molecule has 0 saturated heterocycles. The summed E-state index contributed by atoms with van der Waals surface area (Å²) in [6.45, 7) is 4.64. The minimum Gasteiger partial charge on any atom is -0.482 e. The number of rotatable bonds is 9. The number of Topliss-reactive ketones (excluding diaryl/α,β-unsaturated/α-hetero) is 1. The fraction of sp³-hybridized carbons (Fsp3) is 0.250. The van der Waals surface area contributed by atoms with Crippen molar-refractivity contribution < 1.29 is 23.9 Å². The molecule has 1 aromatic heterocycles. The first-order chi connectivity index (χ1) is 15.4. The number of ketones is 1. The van der Waals surface area contributed by atoms with Crippen molar-refractivity contribution in [1.82, 2.24) is 9.78 Å². The van der Waals surface area contributed by atoms with E-state index in [1.165, 1.54) is 0 Å². The topological polar surface area (TPSA) is 99.5 Å². The first kappa shape index (κ1) is 22.7. The molecule has 0 radical (unpaired) electrons. The van der Waals surface area contributed by atoms with Crippen LogP contribution in [0, 0.1) is 13.8 Å². The molecule has 166 valence electrons. The summed E-state index contributed by atoms with van der Waals surface area (Å²) in [5.74, 6) is -0.692. The highest BCUT2D eigenvalue weighted by molar-refractivity contribution is 5.96. The number of nitrogens with zero attached hydrogens (tertiary/aromatic N) is 2. The molecule has 8 heteroatoms. The Kier molecular flexibility index (Phi) is 7.38. The molecule has 3 aromatic rings. The van der Waals surface area contributed by atoms with Gasteiger partial charge in [-0.15, -0.1) is 0 Å². The van der Waals surface area contributed by atoms with Crippen LogP contribution < -0.4 is 10.1 Å². The first-order valence-electron chi connectivity index (χ1n) is 10.2. The molecule has 1 amide bonds. The van der Waals surface area contributed by atoms with Crippen molar-refractivity contribution in [2.45, 2.75) is 27.2 Å². The van der Waals surface area contributed by atoms with Gasteiger partial charge in [0.1, 0.15) is 5.75 Å². The third-order valence-corrected chi connectivity index (χ3v) is 4.77. The van der Waals surface area contributed by atoms with Crippen LogP contribution in [0.5, 0.6) is 5.75 Å². The SMILES string of the molecule is CCC(=O)c1ccc(OCC(=O)OCC(=O)Nc2c(C)nn(-c3ccccc3)c2C)cc1. The lowest BCUT2D eigenvalue weighted by molar-refractivity contribution is -0.149. The van der Waals surface area contributed by atoms with Crippen molar-refractivity contribution >= 4 is 23.3 Å². The molecule has 0 aliphatic rings. The second-order valence-electron chi connectivity index (χ2n) is 7.09. The molecule has 1 heterocycles. The largest absolute Gasteiger partial charge is 0.482 e. The Balaban J connectivity index is 1.49. The standard InChI is InChI=1S/C24H25N3O5/c1-4-21(28)18-10-12-20(13-11-18)31-15-23(30)32-14-22(29)25-24-16(2)26-27(17(24)3)19-8-6-5-7-9-19/h5-13H,4,14-15H2,1-3H3,(H,25,29). The van der Waals surface area contributed by atoms with Gasteiger partial charge in [-0.2, -0.15) is 5.10 Å². The number of nitrogens with one attached hydrogen (secondary N) is 1. The van der Waals surface area contributed by atoms with Crippen molar-refractivity contribution in [2.75, 3.05) is 18.5 Å². The van der Waals surface area contributed by atoms with Crippen LogP contribution in [0.25, 0.3) is 5.69 Å². The number of aryl methyl sites for hydroxylation is 1. The van der Waals surface area contributed by atoms with Gasteiger partial charge in [0.25, 0.3) is 5.91 Å². The summed E-state index contributed by atoms with van der Waals surface area (Å²) in [7, 11) is 0. The molecular weight excluding hydrogens is 410 g/mol. The molecule has 0 saturated carbocycles. The van der Waals surface area contributed by atoms with E-state index in [-0.39, 0.29) is 12.4 Å². The Bertz CT molecular complexity index is 1100. The van der Waals surface area contributed by atoms with Crippen LogP contribution in [0.15, 0.2) is 54.6 Å². The molecule has 1 N–H and O–H groups in total. The summed E-state index contributed by atoms with van der Waals surface area (Å²) in [5, 5.41) is 7.22. The molecule has 8 nitrogen and oxygen atoms in total. The van der Waals surface area contributed by atoms with Crippen LogP contribution in [-0.2, 0) is 14.3 Å². The Morgan fingerprint density at radius 2 is 1.66 bits per heavy atom. The minimum atomic E-state index is -0.678. The van der Waals surface area contributed by atoms with Gasteiger partial charge >= 0.3 is 5.97 Å². The normalized spacial score (nSPS) is 10.5. The smallest absolute Gasteiger partial charge is 0.344 e. The Morgan fingerprint density at radius 1 is 0.969 bits per heavy atom. The molecule has 0 atom stereocenters. The average Bonchev–Trinajstić information content (AvgIpc) is 3.10. The van der Waals surface area contributed by atoms with Gasteiger partial charge in [-0.25, -0.2) is 9.48 Å². The second-order valence-corrected chi connectivity index (χ2v) is 7.09. The number of anilines is 1. The zero-order valence-electron chi connectivity index (χ0n) is 18.3. The monoisotopic (exact) mass is 435 g/mol. The number of carbonyl (C=O) groups is 3. The Labute approximate surface area is 186 Å². The molecule has 32 heavy (non-hydrogen) atoms. The fourth-order valence-corrected chi connectivity index (χ4v) is 3.09. The number of amides is 1. The van der Waals surface area contributed by atoms with Gasteiger partial charge in [0, 0.05) is 12.0 Å². The molecule has 2 aromatic carbocycles. The number of ether oxygens (including phenoxy) is 2. The molecular formula is C24H25N3O5. The van der Waals surface area contributed by atoms with Crippen molar-refractivity contribution in [1.29, 1.82) is 0 Å². The highest BCUT2D eigenvalue weighted by Gasteiger charge is 2.16. The van der Waals surface area contributed by atoms with E-state index in [9.17, 15) is 14.4 Å². The van der Waals surface area contributed by atoms with Crippen LogP contribution in [-0.4, -0.2) is 40.7 Å². The third-order valence-electron chi connectivity index (χ3n) is 4.77. The number of hydrogen-bond donors (Lipinski definition) is 1. The van der Waals surface area contributed by atoms with Gasteiger partial charge in [-0.3, -0.25) is 9.59 Å². The molecule has 0 unspecified atom stereocenters. The summed E-state index contributed by atoms with van der Waals surface area (Å²) < 4.78 is 12.1. The summed E-state index contributed by atoms with van der Waals surface area (Å²) in [6, 6.07) is 16.1. The van der Waals surface area contributed by atoms with Gasteiger partial charge in [0.2, 0.25) is 0 Å². The summed E-state index contributed by atoms with van der Waals surface area (Å²) in [5.41, 5.74) is 3.46. The minimum absolute atomic E-state index is 0.0294. The van der Waals surface area contributed by atoms with Crippen LogP contribution >= 0.6 is 0 Å². The predicted molar refractivity (Wildman–Crippen MR) is 119 cm³/mol. The fourth-order valence-electron chi connectivity index (χ4n) is 3.09. The number of para-hydroxylation sites is 1. The maximum Gasteiger partial charge on any atom is 0.344 e. The van der Waals surface area contributed by atoms with E-state index in [1.807, 2.05) is 37.3 Å². The Morgan fingerprint density at radius 3 is 2.31 bits per heavy atom. The van der Waals surface area contributed by atoms with E-state index in [1.54, 1.807) is 42.8 Å². The van der Waals surface area contributed by atoms with Crippen molar-refractivity contribution in [2.24, 2.45) is 0 Å². The third kappa shape index (κ3) is 5.60. The maximum absolute atomic E-state index is 12.3. The second kappa shape index (κ2) is 10.4. The highest BCUT2D eigenvalue weighted by atomic mass is 16.6. The number of carbonyl (C=O) groups excluding carboxylic acids is 3. The molecule has 0 fully saturated rings. The highest BCUT2D eigenvalue weighted by Crippen LogP contribution is 2.22. The van der Waals surface area contributed by atoms with E-state index in [4.69, 9.17) is 9.47 Å². The predicted octanol–water partition coefficient (Wildman–Crippen LogP) is 3.64. The first-order valence-corrected chi connectivity index (χ1v) is 10.2. The molecule has 0 aliphatic carbocycles.